The molecule has 1 atom stereocenters. The summed E-state index contributed by atoms with van der Waals surface area (Å²) < 4.78 is 0. The van der Waals surface area contributed by atoms with E-state index in [0.717, 1.165) is 42.9 Å². The zero-order chi connectivity index (χ0) is 11.6. The van der Waals surface area contributed by atoms with Crippen molar-refractivity contribution in [2.75, 3.05) is 24.7 Å². The van der Waals surface area contributed by atoms with Gasteiger partial charge in [0.25, 0.3) is 0 Å². The highest BCUT2D eigenvalue weighted by Crippen LogP contribution is 2.34. The molecule has 94 valence electrons. The standard InChI is InChI=1S/C13H25NOS/c1-2-3-5-13(12-6-7-12)14-8-11-16-10-4-9-15/h2,12-15H,1,3-11H2. The third-order valence-corrected chi connectivity index (χ3v) is 4.04. The third kappa shape index (κ3) is 6.56. The van der Waals surface area contributed by atoms with E-state index < -0.39 is 0 Å². The van der Waals surface area contributed by atoms with Gasteiger partial charge in [-0.25, -0.2) is 0 Å². The molecule has 0 radical (unpaired) electrons. The molecule has 16 heavy (non-hydrogen) atoms. The normalized spacial score (nSPS) is 17.3. The van der Waals surface area contributed by atoms with Gasteiger partial charge in [0.2, 0.25) is 0 Å². The Kier molecular flexibility index (Phi) is 7.99. The van der Waals surface area contributed by atoms with Gasteiger partial charge in [0.15, 0.2) is 0 Å². The summed E-state index contributed by atoms with van der Waals surface area (Å²) in [6.07, 6.45) is 8.14. The summed E-state index contributed by atoms with van der Waals surface area (Å²) in [6, 6.07) is 0.719. The molecule has 3 heteroatoms. The lowest BCUT2D eigenvalue weighted by atomic mass is 10.1. The van der Waals surface area contributed by atoms with Crippen LogP contribution in [-0.4, -0.2) is 35.8 Å². The fraction of sp³-hybridized carbons (Fsp3) is 0.846. The summed E-state index contributed by atoms with van der Waals surface area (Å²) >= 11 is 1.93. The van der Waals surface area contributed by atoms with E-state index in [1.165, 1.54) is 19.3 Å². The number of rotatable bonds is 11. The van der Waals surface area contributed by atoms with Gasteiger partial charge in [-0.3, -0.25) is 0 Å². The van der Waals surface area contributed by atoms with Crippen LogP contribution in [0.4, 0.5) is 0 Å². The van der Waals surface area contributed by atoms with Crippen LogP contribution in [0.1, 0.15) is 32.1 Å². The molecule has 1 saturated carbocycles. The Balaban J connectivity index is 1.97. The van der Waals surface area contributed by atoms with Crippen LogP contribution < -0.4 is 5.32 Å². The Morgan fingerprint density at radius 2 is 2.25 bits per heavy atom. The van der Waals surface area contributed by atoms with Crippen molar-refractivity contribution >= 4 is 11.8 Å². The molecule has 0 bridgehead atoms. The van der Waals surface area contributed by atoms with E-state index in [9.17, 15) is 0 Å². The van der Waals surface area contributed by atoms with E-state index in [1.54, 1.807) is 0 Å². The van der Waals surface area contributed by atoms with Crippen molar-refractivity contribution < 1.29 is 5.11 Å². The smallest absolute Gasteiger partial charge is 0.0438 e. The fourth-order valence-corrected chi connectivity index (χ4v) is 2.69. The van der Waals surface area contributed by atoms with Crippen molar-refractivity contribution in [3.05, 3.63) is 12.7 Å². The van der Waals surface area contributed by atoms with Crippen molar-refractivity contribution in [1.29, 1.82) is 0 Å². The zero-order valence-electron chi connectivity index (χ0n) is 10.2. The lowest BCUT2D eigenvalue weighted by molar-refractivity contribution is 0.296. The van der Waals surface area contributed by atoms with E-state index in [4.69, 9.17) is 5.11 Å². The molecule has 0 aromatic rings. The molecular weight excluding hydrogens is 218 g/mol. The first-order valence-corrected chi connectivity index (χ1v) is 7.57. The van der Waals surface area contributed by atoms with Gasteiger partial charge in [0.05, 0.1) is 0 Å². The average Bonchev–Trinajstić information content (AvgIpc) is 3.11. The number of hydrogen-bond donors (Lipinski definition) is 2. The van der Waals surface area contributed by atoms with Crippen LogP contribution in [0.15, 0.2) is 12.7 Å². The topological polar surface area (TPSA) is 32.3 Å². The van der Waals surface area contributed by atoms with Crippen LogP contribution in [0.2, 0.25) is 0 Å². The van der Waals surface area contributed by atoms with E-state index >= 15 is 0 Å². The molecule has 2 nitrogen and oxygen atoms in total. The van der Waals surface area contributed by atoms with E-state index in [0.29, 0.717) is 6.61 Å². The summed E-state index contributed by atoms with van der Waals surface area (Å²) in [6.45, 7) is 5.22. The van der Waals surface area contributed by atoms with Gasteiger partial charge < -0.3 is 10.4 Å². The number of hydrogen-bond acceptors (Lipinski definition) is 3. The zero-order valence-corrected chi connectivity index (χ0v) is 11.0. The maximum Gasteiger partial charge on any atom is 0.0438 e. The summed E-state index contributed by atoms with van der Waals surface area (Å²) in [7, 11) is 0. The largest absolute Gasteiger partial charge is 0.396 e. The Bertz CT molecular complexity index is 183. The Hall–Kier alpha value is 0.01000. The van der Waals surface area contributed by atoms with E-state index in [-0.39, 0.29) is 0 Å². The third-order valence-electron chi connectivity index (χ3n) is 2.97. The quantitative estimate of drug-likeness (QED) is 0.432. The first-order chi connectivity index (χ1) is 7.88. The minimum Gasteiger partial charge on any atom is -0.396 e. The SMILES string of the molecule is C=CCCC(NCCSCCCO)C1CC1. The highest BCUT2D eigenvalue weighted by atomic mass is 32.2. The molecule has 1 aliphatic rings. The lowest BCUT2D eigenvalue weighted by Gasteiger charge is -2.17. The summed E-state index contributed by atoms with van der Waals surface area (Å²) in [5.74, 6) is 3.18. The Labute approximate surface area is 104 Å². The van der Waals surface area contributed by atoms with Crippen LogP contribution in [-0.2, 0) is 0 Å². The molecule has 0 aliphatic heterocycles. The molecule has 1 fully saturated rings. The van der Waals surface area contributed by atoms with Crippen molar-refractivity contribution in [1.82, 2.24) is 5.32 Å². The predicted molar refractivity (Wildman–Crippen MR) is 73.0 cm³/mol. The highest BCUT2D eigenvalue weighted by Gasteiger charge is 2.29. The summed E-state index contributed by atoms with van der Waals surface area (Å²) in [5, 5.41) is 12.3. The molecule has 0 aromatic carbocycles. The molecule has 0 heterocycles. The second-order valence-electron chi connectivity index (χ2n) is 4.45. The van der Waals surface area contributed by atoms with Crippen molar-refractivity contribution in [2.45, 2.75) is 38.1 Å². The van der Waals surface area contributed by atoms with Crippen LogP contribution in [0, 0.1) is 5.92 Å². The minimum absolute atomic E-state index is 0.324. The summed E-state index contributed by atoms with van der Waals surface area (Å²) in [4.78, 5) is 0. The number of nitrogens with one attached hydrogen (secondary N) is 1. The number of aliphatic hydroxyl groups is 1. The number of aliphatic hydroxyl groups excluding tert-OH is 1. The Morgan fingerprint density at radius 3 is 2.88 bits per heavy atom. The number of thioether (sulfide) groups is 1. The maximum atomic E-state index is 8.65. The maximum absolute atomic E-state index is 8.65. The predicted octanol–water partition coefficient (Wildman–Crippen LogP) is 2.44. The average molecular weight is 243 g/mol. The van der Waals surface area contributed by atoms with Gasteiger partial charge in [-0.05, 0) is 43.8 Å². The Morgan fingerprint density at radius 1 is 1.44 bits per heavy atom. The van der Waals surface area contributed by atoms with Gasteiger partial charge >= 0.3 is 0 Å². The summed E-state index contributed by atoms with van der Waals surface area (Å²) in [5.41, 5.74) is 0. The lowest BCUT2D eigenvalue weighted by Crippen LogP contribution is -2.32. The number of allylic oxidation sites excluding steroid dienone is 1. The highest BCUT2D eigenvalue weighted by molar-refractivity contribution is 7.99. The first-order valence-electron chi connectivity index (χ1n) is 6.41. The second-order valence-corrected chi connectivity index (χ2v) is 5.68. The van der Waals surface area contributed by atoms with Gasteiger partial charge in [0, 0.05) is 24.9 Å². The molecule has 0 saturated heterocycles. The monoisotopic (exact) mass is 243 g/mol. The van der Waals surface area contributed by atoms with Crippen LogP contribution in [0.25, 0.3) is 0 Å². The van der Waals surface area contributed by atoms with Crippen LogP contribution >= 0.6 is 11.8 Å². The van der Waals surface area contributed by atoms with Crippen molar-refractivity contribution in [3.63, 3.8) is 0 Å². The fourth-order valence-electron chi connectivity index (χ4n) is 1.89. The van der Waals surface area contributed by atoms with E-state index in [2.05, 4.69) is 11.9 Å². The molecule has 2 N–H and O–H groups in total. The van der Waals surface area contributed by atoms with Crippen LogP contribution in [0.5, 0.6) is 0 Å². The molecule has 0 spiro atoms. The molecule has 0 amide bonds. The molecule has 1 aliphatic carbocycles. The van der Waals surface area contributed by atoms with Crippen molar-refractivity contribution in [2.24, 2.45) is 5.92 Å². The second kappa shape index (κ2) is 9.08. The van der Waals surface area contributed by atoms with Crippen molar-refractivity contribution in [3.8, 4) is 0 Å². The molecule has 0 aromatic heterocycles. The van der Waals surface area contributed by atoms with E-state index in [1.807, 2.05) is 17.8 Å². The molecular formula is C13H25NOS. The minimum atomic E-state index is 0.324. The molecule has 1 rings (SSSR count). The van der Waals surface area contributed by atoms with Gasteiger partial charge in [-0.2, -0.15) is 11.8 Å². The first kappa shape index (κ1) is 14.1. The van der Waals surface area contributed by atoms with Gasteiger partial charge in [0.1, 0.15) is 0 Å². The molecule has 1 unspecified atom stereocenters. The van der Waals surface area contributed by atoms with Crippen LogP contribution in [0.3, 0.4) is 0 Å². The van der Waals surface area contributed by atoms with Gasteiger partial charge in [-0.1, -0.05) is 6.08 Å². The van der Waals surface area contributed by atoms with Gasteiger partial charge in [-0.15, -0.1) is 6.58 Å².